The minimum atomic E-state index is -0.590. The highest BCUT2D eigenvalue weighted by atomic mass is 35.5. The molecule has 0 aliphatic rings. The molecule has 0 radical (unpaired) electrons. The third-order valence-corrected chi connectivity index (χ3v) is 6.31. The molecule has 0 fully saturated rings. The summed E-state index contributed by atoms with van der Waals surface area (Å²) in [5.74, 6) is -0.350. The van der Waals surface area contributed by atoms with Crippen molar-refractivity contribution in [3.63, 3.8) is 0 Å². The number of fused-ring (bicyclic) bond motifs is 1. The van der Waals surface area contributed by atoms with E-state index in [4.69, 9.17) is 11.6 Å². The number of anilines is 1. The van der Waals surface area contributed by atoms with E-state index in [1.54, 1.807) is 35.7 Å². The number of benzene rings is 2. The van der Waals surface area contributed by atoms with Crippen LogP contribution >= 0.6 is 22.9 Å². The van der Waals surface area contributed by atoms with Crippen molar-refractivity contribution < 1.29 is 4.79 Å². The maximum absolute atomic E-state index is 13.3. The van der Waals surface area contributed by atoms with Crippen molar-refractivity contribution in [1.29, 1.82) is 0 Å². The number of hydrogen-bond donors (Lipinski definition) is 1. The van der Waals surface area contributed by atoms with E-state index in [-0.39, 0.29) is 12.5 Å². The van der Waals surface area contributed by atoms with Crippen LogP contribution in [0, 0.1) is 0 Å². The van der Waals surface area contributed by atoms with Gasteiger partial charge in [0.25, 0.3) is 5.56 Å². The predicted molar refractivity (Wildman–Crippen MR) is 130 cm³/mol. The lowest BCUT2D eigenvalue weighted by Crippen LogP contribution is -2.40. The second-order valence-electron chi connectivity index (χ2n) is 7.47. The van der Waals surface area contributed by atoms with Gasteiger partial charge in [-0.05, 0) is 60.2 Å². The van der Waals surface area contributed by atoms with Crippen LogP contribution in [0.3, 0.4) is 0 Å². The summed E-state index contributed by atoms with van der Waals surface area (Å²) in [6, 6.07) is 15.9. The molecule has 0 aliphatic carbocycles. The van der Waals surface area contributed by atoms with E-state index < -0.39 is 11.2 Å². The SMILES string of the molecule is CCCCc1ccc(NC(=O)Cn2c(=O)n(-c3cccc(Cl)c3)c(=O)c3sccc32)cc1. The Bertz CT molecular complexity index is 1390. The number of aromatic nitrogens is 2. The van der Waals surface area contributed by atoms with Crippen molar-refractivity contribution in [2.75, 3.05) is 5.32 Å². The zero-order valence-electron chi connectivity index (χ0n) is 17.5. The van der Waals surface area contributed by atoms with E-state index in [9.17, 15) is 14.4 Å². The number of carbonyl (C=O) groups excluding carboxylic acids is 1. The number of thiophene rings is 1. The number of unbranched alkanes of at least 4 members (excludes halogenated alkanes) is 1. The molecule has 4 rings (SSSR count). The number of amides is 1. The van der Waals surface area contributed by atoms with Crippen molar-refractivity contribution >= 4 is 44.7 Å². The van der Waals surface area contributed by atoms with Crippen LogP contribution in [0.2, 0.25) is 5.02 Å². The third kappa shape index (κ3) is 4.54. The molecule has 0 saturated heterocycles. The van der Waals surface area contributed by atoms with Gasteiger partial charge in [0.1, 0.15) is 11.2 Å². The van der Waals surface area contributed by atoms with Gasteiger partial charge in [-0.2, -0.15) is 0 Å². The molecule has 1 amide bonds. The summed E-state index contributed by atoms with van der Waals surface area (Å²) < 4.78 is 2.78. The van der Waals surface area contributed by atoms with Crippen LogP contribution in [-0.2, 0) is 17.8 Å². The molecule has 4 aromatic rings. The highest BCUT2D eigenvalue weighted by Crippen LogP contribution is 2.18. The molecule has 0 unspecified atom stereocenters. The van der Waals surface area contributed by atoms with Crippen molar-refractivity contribution in [1.82, 2.24) is 9.13 Å². The zero-order chi connectivity index (χ0) is 22.7. The Balaban J connectivity index is 1.66. The number of rotatable bonds is 7. The number of hydrogen-bond acceptors (Lipinski definition) is 4. The van der Waals surface area contributed by atoms with E-state index in [0.29, 0.717) is 26.6 Å². The predicted octanol–water partition coefficient (Wildman–Crippen LogP) is 4.85. The lowest BCUT2D eigenvalue weighted by atomic mass is 10.1. The lowest BCUT2D eigenvalue weighted by molar-refractivity contribution is -0.116. The molecule has 2 aromatic carbocycles. The zero-order valence-corrected chi connectivity index (χ0v) is 19.1. The number of carbonyl (C=O) groups is 1. The van der Waals surface area contributed by atoms with Crippen LogP contribution in [0.5, 0.6) is 0 Å². The minimum absolute atomic E-state index is 0.218. The van der Waals surface area contributed by atoms with Crippen molar-refractivity contribution in [2.45, 2.75) is 32.7 Å². The van der Waals surface area contributed by atoms with Crippen LogP contribution in [0.25, 0.3) is 15.9 Å². The van der Waals surface area contributed by atoms with E-state index in [1.807, 2.05) is 24.3 Å². The summed E-state index contributed by atoms with van der Waals surface area (Å²) in [5, 5.41) is 4.98. The Morgan fingerprint density at radius 3 is 2.59 bits per heavy atom. The number of nitrogens with one attached hydrogen (secondary N) is 1. The van der Waals surface area contributed by atoms with E-state index in [0.717, 1.165) is 23.8 Å². The number of halogens is 1. The van der Waals surface area contributed by atoms with Gasteiger partial charge in [-0.25, -0.2) is 9.36 Å². The second-order valence-corrected chi connectivity index (χ2v) is 8.83. The first-order valence-electron chi connectivity index (χ1n) is 10.4. The maximum atomic E-state index is 13.3. The van der Waals surface area contributed by atoms with Crippen LogP contribution in [0.15, 0.2) is 69.6 Å². The van der Waals surface area contributed by atoms with Gasteiger partial charge in [-0.3, -0.25) is 14.2 Å². The van der Waals surface area contributed by atoms with Gasteiger partial charge >= 0.3 is 5.69 Å². The van der Waals surface area contributed by atoms with Gasteiger partial charge in [0.05, 0.1) is 11.2 Å². The monoisotopic (exact) mass is 467 g/mol. The minimum Gasteiger partial charge on any atom is -0.325 e. The Labute approximate surface area is 193 Å². The van der Waals surface area contributed by atoms with Gasteiger partial charge in [0.15, 0.2) is 0 Å². The third-order valence-electron chi connectivity index (χ3n) is 5.18. The average Bonchev–Trinajstić information content (AvgIpc) is 3.27. The van der Waals surface area contributed by atoms with Crippen LogP contribution in [-0.4, -0.2) is 15.0 Å². The summed E-state index contributed by atoms with van der Waals surface area (Å²) in [6.45, 7) is 1.93. The number of aryl methyl sites for hydroxylation is 1. The molecule has 0 atom stereocenters. The fraction of sp³-hybridized carbons (Fsp3) is 0.208. The van der Waals surface area contributed by atoms with Crippen molar-refractivity contribution in [3.8, 4) is 5.69 Å². The molecule has 0 bridgehead atoms. The molecule has 6 nitrogen and oxygen atoms in total. The van der Waals surface area contributed by atoms with Crippen LogP contribution in [0.1, 0.15) is 25.3 Å². The van der Waals surface area contributed by atoms with E-state index in [1.165, 1.54) is 21.5 Å². The Morgan fingerprint density at radius 1 is 1.09 bits per heavy atom. The van der Waals surface area contributed by atoms with E-state index >= 15 is 0 Å². The molecule has 2 aromatic heterocycles. The quantitative estimate of drug-likeness (QED) is 0.422. The Hall–Kier alpha value is -3.16. The molecule has 8 heteroatoms. The van der Waals surface area contributed by atoms with Gasteiger partial charge < -0.3 is 5.32 Å². The van der Waals surface area contributed by atoms with E-state index in [2.05, 4.69) is 12.2 Å². The first-order valence-corrected chi connectivity index (χ1v) is 11.6. The molecule has 164 valence electrons. The first kappa shape index (κ1) is 22.0. The summed E-state index contributed by atoms with van der Waals surface area (Å²) >= 11 is 7.30. The molecular weight excluding hydrogens is 446 g/mol. The molecular formula is C24H22ClN3O3S. The standard InChI is InChI=1S/C24H22ClN3O3S/c1-2-3-5-16-8-10-18(11-9-16)26-21(29)15-27-20-12-13-32-22(20)23(30)28(24(27)31)19-7-4-6-17(25)14-19/h4,6-14H,2-3,5,15H2,1H3,(H,26,29). The average molecular weight is 468 g/mol. The normalized spacial score (nSPS) is 11.1. The summed E-state index contributed by atoms with van der Waals surface area (Å²) in [6.07, 6.45) is 3.25. The molecule has 0 saturated carbocycles. The molecule has 2 heterocycles. The van der Waals surface area contributed by atoms with Crippen LogP contribution < -0.4 is 16.6 Å². The first-order chi connectivity index (χ1) is 15.5. The van der Waals surface area contributed by atoms with Gasteiger partial charge in [-0.1, -0.05) is 43.1 Å². The van der Waals surface area contributed by atoms with Crippen molar-refractivity contribution in [3.05, 3.63) is 91.4 Å². The summed E-state index contributed by atoms with van der Waals surface area (Å²) in [5.41, 5.74) is 1.66. The molecule has 0 aliphatic heterocycles. The molecule has 1 N–H and O–H groups in total. The van der Waals surface area contributed by atoms with Gasteiger partial charge in [0, 0.05) is 10.7 Å². The summed E-state index contributed by atoms with van der Waals surface area (Å²) in [4.78, 5) is 39.0. The fourth-order valence-corrected chi connectivity index (χ4v) is 4.57. The highest BCUT2D eigenvalue weighted by molar-refractivity contribution is 7.17. The van der Waals surface area contributed by atoms with Crippen molar-refractivity contribution in [2.24, 2.45) is 0 Å². The Kier molecular flexibility index (Phi) is 6.58. The van der Waals surface area contributed by atoms with Crippen LogP contribution in [0.4, 0.5) is 5.69 Å². The summed E-state index contributed by atoms with van der Waals surface area (Å²) in [7, 11) is 0. The molecule has 0 spiro atoms. The Morgan fingerprint density at radius 2 is 1.88 bits per heavy atom. The molecule has 32 heavy (non-hydrogen) atoms. The number of nitrogens with zero attached hydrogens (tertiary/aromatic N) is 2. The second kappa shape index (κ2) is 9.54. The topological polar surface area (TPSA) is 73.1 Å². The fourth-order valence-electron chi connectivity index (χ4n) is 3.56. The smallest absolute Gasteiger partial charge is 0.325 e. The van der Waals surface area contributed by atoms with Gasteiger partial charge in [0.2, 0.25) is 5.91 Å². The lowest BCUT2D eigenvalue weighted by Gasteiger charge is -2.13. The maximum Gasteiger partial charge on any atom is 0.336 e. The van der Waals surface area contributed by atoms with Gasteiger partial charge in [-0.15, -0.1) is 11.3 Å². The largest absolute Gasteiger partial charge is 0.336 e. The highest BCUT2D eigenvalue weighted by Gasteiger charge is 2.18.